The zero-order valence-corrected chi connectivity index (χ0v) is 9.21. The molecule has 0 aliphatic heterocycles. The zero-order valence-electron chi connectivity index (χ0n) is 8.45. The highest BCUT2D eigenvalue weighted by molar-refractivity contribution is 6.34. The van der Waals surface area contributed by atoms with E-state index < -0.39 is 0 Å². The van der Waals surface area contributed by atoms with Crippen LogP contribution in [-0.2, 0) is 0 Å². The molecule has 14 heavy (non-hydrogen) atoms. The van der Waals surface area contributed by atoms with Gasteiger partial charge in [0.25, 0.3) is 0 Å². The first-order valence-electron chi connectivity index (χ1n) is 4.35. The van der Waals surface area contributed by atoms with Crippen LogP contribution in [0.15, 0.2) is 12.3 Å². The topological polar surface area (TPSA) is 39.9 Å². The summed E-state index contributed by atoms with van der Waals surface area (Å²) in [6, 6.07) is 3.94. The van der Waals surface area contributed by atoms with E-state index in [0.29, 0.717) is 22.4 Å². The molecule has 0 N–H and O–H groups in total. The summed E-state index contributed by atoms with van der Waals surface area (Å²) < 4.78 is 0. The van der Waals surface area contributed by atoms with Gasteiger partial charge in [0.2, 0.25) is 0 Å². The van der Waals surface area contributed by atoms with Crippen LogP contribution >= 0.6 is 11.6 Å². The lowest BCUT2D eigenvalue weighted by Gasteiger charge is -2.23. The van der Waals surface area contributed by atoms with Crippen molar-refractivity contribution in [2.24, 2.45) is 0 Å². The Kier molecular flexibility index (Phi) is 3.32. The second-order valence-electron chi connectivity index (χ2n) is 3.31. The molecule has 0 bridgehead atoms. The minimum Gasteiger partial charge on any atom is -0.356 e. The highest BCUT2D eigenvalue weighted by atomic mass is 35.5. The molecule has 0 saturated heterocycles. The molecule has 4 heteroatoms. The maximum Gasteiger partial charge on any atom is 0.148 e. The van der Waals surface area contributed by atoms with E-state index in [9.17, 15) is 0 Å². The van der Waals surface area contributed by atoms with E-state index >= 15 is 0 Å². The van der Waals surface area contributed by atoms with Crippen LogP contribution in [-0.4, -0.2) is 18.1 Å². The molecule has 1 rings (SSSR count). The lowest BCUT2D eigenvalue weighted by Crippen LogP contribution is -2.26. The third-order valence-corrected chi connectivity index (χ3v) is 2.47. The molecular weight excluding hydrogens is 198 g/mol. The van der Waals surface area contributed by atoms with Crippen molar-refractivity contribution in [3.63, 3.8) is 0 Å². The molecule has 0 unspecified atom stereocenters. The molecule has 0 amide bonds. The van der Waals surface area contributed by atoms with Crippen LogP contribution in [0.1, 0.15) is 19.4 Å². The number of nitrogens with zero attached hydrogens (tertiary/aromatic N) is 3. The Hall–Kier alpha value is -1.27. The Morgan fingerprint density at radius 3 is 2.71 bits per heavy atom. The van der Waals surface area contributed by atoms with E-state index in [-0.39, 0.29) is 0 Å². The van der Waals surface area contributed by atoms with Gasteiger partial charge < -0.3 is 4.90 Å². The third-order valence-electron chi connectivity index (χ3n) is 2.10. The van der Waals surface area contributed by atoms with Gasteiger partial charge in [-0.15, -0.1) is 0 Å². The smallest absolute Gasteiger partial charge is 0.148 e. The number of pyridine rings is 1. The molecule has 1 aromatic rings. The monoisotopic (exact) mass is 209 g/mol. The van der Waals surface area contributed by atoms with Crippen LogP contribution < -0.4 is 4.90 Å². The predicted octanol–water partition coefficient (Wildman–Crippen LogP) is 2.45. The van der Waals surface area contributed by atoms with Crippen molar-refractivity contribution in [2.75, 3.05) is 11.9 Å². The van der Waals surface area contributed by atoms with Crippen LogP contribution in [0.2, 0.25) is 5.02 Å². The number of hydrogen-bond donors (Lipinski definition) is 0. The van der Waals surface area contributed by atoms with Crippen molar-refractivity contribution in [1.29, 1.82) is 5.26 Å². The summed E-state index contributed by atoms with van der Waals surface area (Å²) in [7, 11) is 1.90. The van der Waals surface area contributed by atoms with Gasteiger partial charge in [-0.1, -0.05) is 11.6 Å². The molecule has 1 aromatic heterocycles. The Balaban J connectivity index is 3.17. The number of anilines is 1. The molecule has 0 atom stereocenters. The molecule has 0 saturated carbocycles. The minimum atomic E-state index is 0.300. The van der Waals surface area contributed by atoms with Crippen molar-refractivity contribution in [2.45, 2.75) is 19.9 Å². The van der Waals surface area contributed by atoms with Gasteiger partial charge >= 0.3 is 0 Å². The number of rotatable bonds is 2. The van der Waals surface area contributed by atoms with Crippen LogP contribution in [0.25, 0.3) is 0 Å². The lowest BCUT2D eigenvalue weighted by atomic mass is 10.2. The Bertz CT molecular complexity index is 368. The minimum absolute atomic E-state index is 0.300. The van der Waals surface area contributed by atoms with Crippen LogP contribution in [0.5, 0.6) is 0 Å². The fourth-order valence-corrected chi connectivity index (χ4v) is 1.30. The SMILES string of the molecule is CC(C)N(C)c1nccc(C#N)c1Cl. The molecule has 0 radical (unpaired) electrons. The Morgan fingerprint density at radius 2 is 2.21 bits per heavy atom. The molecule has 0 fully saturated rings. The van der Waals surface area contributed by atoms with Crippen LogP contribution in [0.3, 0.4) is 0 Å². The van der Waals surface area contributed by atoms with Gasteiger partial charge in [-0.05, 0) is 19.9 Å². The average molecular weight is 210 g/mol. The molecule has 0 aromatic carbocycles. The van der Waals surface area contributed by atoms with Gasteiger partial charge in [-0.25, -0.2) is 4.98 Å². The van der Waals surface area contributed by atoms with Gasteiger partial charge in [-0.2, -0.15) is 5.26 Å². The van der Waals surface area contributed by atoms with E-state index in [1.807, 2.05) is 31.9 Å². The molecule has 0 aliphatic carbocycles. The van der Waals surface area contributed by atoms with Crippen molar-refractivity contribution < 1.29 is 0 Å². The zero-order chi connectivity index (χ0) is 10.7. The Labute approximate surface area is 88.9 Å². The summed E-state index contributed by atoms with van der Waals surface area (Å²) in [6.45, 7) is 4.08. The second kappa shape index (κ2) is 4.30. The normalized spacial score (nSPS) is 10.0. The summed E-state index contributed by atoms with van der Waals surface area (Å²) in [4.78, 5) is 6.08. The first kappa shape index (κ1) is 10.8. The molecular formula is C10H12ClN3. The van der Waals surface area contributed by atoms with Gasteiger partial charge in [0.15, 0.2) is 0 Å². The maximum atomic E-state index is 8.78. The number of aromatic nitrogens is 1. The molecule has 0 aliphatic rings. The predicted molar refractivity (Wildman–Crippen MR) is 57.5 cm³/mol. The highest BCUT2D eigenvalue weighted by Gasteiger charge is 2.13. The van der Waals surface area contributed by atoms with E-state index in [1.165, 1.54) is 0 Å². The van der Waals surface area contributed by atoms with Gasteiger partial charge in [0, 0.05) is 19.3 Å². The van der Waals surface area contributed by atoms with Crippen LogP contribution in [0, 0.1) is 11.3 Å². The van der Waals surface area contributed by atoms with E-state index in [1.54, 1.807) is 12.3 Å². The first-order valence-corrected chi connectivity index (χ1v) is 4.73. The molecule has 3 nitrogen and oxygen atoms in total. The van der Waals surface area contributed by atoms with Gasteiger partial charge in [0.05, 0.1) is 5.56 Å². The average Bonchev–Trinajstić information content (AvgIpc) is 2.17. The number of hydrogen-bond acceptors (Lipinski definition) is 3. The standard InChI is InChI=1S/C10H12ClN3/c1-7(2)14(3)10-9(11)8(6-12)4-5-13-10/h4-5,7H,1-3H3. The van der Waals surface area contributed by atoms with Crippen molar-refractivity contribution >= 4 is 17.4 Å². The number of halogens is 1. The van der Waals surface area contributed by atoms with E-state index in [4.69, 9.17) is 16.9 Å². The summed E-state index contributed by atoms with van der Waals surface area (Å²) in [6.07, 6.45) is 1.60. The van der Waals surface area contributed by atoms with Crippen molar-refractivity contribution in [1.82, 2.24) is 4.98 Å². The van der Waals surface area contributed by atoms with Crippen molar-refractivity contribution in [3.8, 4) is 6.07 Å². The third kappa shape index (κ3) is 1.97. The fourth-order valence-electron chi connectivity index (χ4n) is 1.01. The Morgan fingerprint density at radius 1 is 1.57 bits per heavy atom. The highest BCUT2D eigenvalue weighted by Crippen LogP contribution is 2.26. The van der Waals surface area contributed by atoms with Gasteiger partial charge in [0.1, 0.15) is 16.9 Å². The summed E-state index contributed by atoms with van der Waals surface area (Å²) in [5, 5.41) is 9.20. The van der Waals surface area contributed by atoms with E-state index in [2.05, 4.69) is 4.98 Å². The lowest BCUT2D eigenvalue weighted by molar-refractivity contribution is 0.743. The molecule has 0 spiro atoms. The number of nitriles is 1. The largest absolute Gasteiger partial charge is 0.356 e. The fraction of sp³-hybridized carbons (Fsp3) is 0.400. The summed E-state index contributed by atoms with van der Waals surface area (Å²) in [5.74, 6) is 0.653. The first-order chi connectivity index (χ1) is 6.57. The van der Waals surface area contributed by atoms with Crippen LogP contribution in [0.4, 0.5) is 5.82 Å². The summed E-state index contributed by atoms with van der Waals surface area (Å²) >= 11 is 6.02. The van der Waals surface area contributed by atoms with Crippen molar-refractivity contribution in [3.05, 3.63) is 22.8 Å². The molecule has 1 heterocycles. The van der Waals surface area contributed by atoms with E-state index in [0.717, 1.165) is 0 Å². The molecule has 74 valence electrons. The van der Waals surface area contributed by atoms with Gasteiger partial charge in [-0.3, -0.25) is 0 Å². The second-order valence-corrected chi connectivity index (χ2v) is 3.69. The maximum absolute atomic E-state index is 8.78. The summed E-state index contributed by atoms with van der Waals surface area (Å²) in [5.41, 5.74) is 0.462. The quantitative estimate of drug-likeness (QED) is 0.751.